The molecule has 19 heavy (non-hydrogen) atoms. The Bertz CT molecular complexity index is 448. The molecule has 1 heterocycles. The van der Waals surface area contributed by atoms with Gasteiger partial charge in [0.05, 0.1) is 18.3 Å². The molecule has 0 aliphatic carbocycles. The van der Waals surface area contributed by atoms with Crippen molar-refractivity contribution in [3.05, 3.63) is 23.8 Å². The first-order valence-electron chi connectivity index (χ1n) is 6.48. The number of nitrogens with two attached hydrogens (primary N) is 1. The van der Waals surface area contributed by atoms with Gasteiger partial charge >= 0.3 is 0 Å². The van der Waals surface area contributed by atoms with Crippen LogP contribution in [0, 0.1) is 0 Å². The standard InChI is InChI=1S/C14H22N2O3/c1-14(2)9-16(7-12(8-17)19-14)6-10-5-11(15)3-4-13(10)18/h3-5,12,17-18H,6-9,15H2,1-2H3. The zero-order valence-corrected chi connectivity index (χ0v) is 11.5. The van der Waals surface area contributed by atoms with Crippen molar-refractivity contribution >= 4 is 5.69 Å². The van der Waals surface area contributed by atoms with Crippen molar-refractivity contribution < 1.29 is 14.9 Å². The second kappa shape index (κ2) is 5.36. The van der Waals surface area contributed by atoms with Crippen LogP contribution in [0.25, 0.3) is 0 Å². The predicted octanol–water partition coefficient (Wildman–Crippen LogP) is 0.946. The third-order valence-corrected chi connectivity index (χ3v) is 3.25. The molecule has 1 unspecified atom stereocenters. The molecular weight excluding hydrogens is 244 g/mol. The number of morpholine rings is 1. The number of aliphatic hydroxyl groups excluding tert-OH is 1. The minimum Gasteiger partial charge on any atom is -0.508 e. The van der Waals surface area contributed by atoms with Crippen molar-refractivity contribution in [2.45, 2.75) is 32.1 Å². The summed E-state index contributed by atoms with van der Waals surface area (Å²) in [5, 5.41) is 19.1. The maximum absolute atomic E-state index is 9.86. The molecule has 5 heteroatoms. The molecule has 0 spiro atoms. The maximum atomic E-state index is 9.86. The van der Waals surface area contributed by atoms with Gasteiger partial charge in [-0.25, -0.2) is 0 Å². The van der Waals surface area contributed by atoms with Gasteiger partial charge in [-0.05, 0) is 32.0 Å². The van der Waals surface area contributed by atoms with E-state index in [-0.39, 0.29) is 24.1 Å². The lowest BCUT2D eigenvalue weighted by Gasteiger charge is -2.42. The van der Waals surface area contributed by atoms with E-state index in [0.29, 0.717) is 18.8 Å². The van der Waals surface area contributed by atoms with E-state index >= 15 is 0 Å². The van der Waals surface area contributed by atoms with E-state index in [1.54, 1.807) is 18.2 Å². The van der Waals surface area contributed by atoms with Gasteiger partial charge in [-0.2, -0.15) is 0 Å². The number of benzene rings is 1. The summed E-state index contributed by atoms with van der Waals surface area (Å²) in [4.78, 5) is 2.17. The largest absolute Gasteiger partial charge is 0.508 e. The average molecular weight is 266 g/mol. The summed E-state index contributed by atoms with van der Waals surface area (Å²) in [6, 6.07) is 5.07. The van der Waals surface area contributed by atoms with Crippen LogP contribution in [-0.2, 0) is 11.3 Å². The highest BCUT2D eigenvalue weighted by molar-refractivity contribution is 5.47. The molecular formula is C14H22N2O3. The minimum absolute atomic E-state index is 0.00282. The Balaban J connectivity index is 2.11. The van der Waals surface area contributed by atoms with Crippen LogP contribution < -0.4 is 5.73 Å². The predicted molar refractivity (Wildman–Crippen MR) is 73.8 cm³/mol. The van der Waals surface area contributed by atoms with Crippen LogP contribution in [0.3, 0.4) is 0 Å². The Morgan fingerprint density at radius 1 is 1.47 bits per heavy atom. The maximum Gasteiger partial charge on any atom is 0.120 e. The van der Waals surface area contributed by atoms with Gasteiger partial charge in [0.15, 0.2) is 0 Å². The molecule has 0 saturated carbocycles. The van der Waals surface area contributed by atoms with Gasteiger partial charge in [-0.1, -0.05) is 0 Å². The number of rotatable bonds is 3. The molecule has 1 saturated heterocycles. The van der Waals surface area contributed by atoms with Crippen LogP contribution in [-0.4, -0.2) is 46.5 Å². The molecule has 0 aromatic heterocycles. The van der Waals surface area contributed by atoms with Crippen molar-refractivity contribution in [3.8, 4) is 5.75 Å². The van der Waals surface area contributed by atoms with Gasteiger partial charge in [0.25, 0.3) is 0 Å². The van der Waals surface area contributed by atoms with Crippen molar-refractivity contribution in [1.29, 1.82) is 0 Å². The molecule has 1 aliphatic rings. The molecule has 1 aromatic carbocycles. The fourth-order valence-electron chi connectivity index (χ4n) is 2.61. The number of anilines is 1. The second-order valence-electron chi connectivity index (χ2n) is 5.74. The molecule has 0 amide bonds. The quantitative estimate of drug-likeness (QED) is 0.560. The summed E-state index contributed by atoms with van der Waals surface area (Å²) in [7, 11) is 0. The summed E-state index contributed by atoms with van der Waals surface area (Å²) in [6.07, 6.45) is -0.188. The topological polar surface area (TPSA) is 79.0 Å². The fraction of sp³-hybridized carbons (Fsp3) is 0.571. The van der Waals surface area contributed by atoms with E-state index in [1.807, 2.05) is 13.8 Å². The number of phenols is 1. The first-order valence-corrected chi connectivity index (χ1v) is 6.48. The molecule has 5 nitrogen and oxygen atoms in total. The van der Waals surface area contributed by atoms with E-state index in [1.165, 1.54) is 0 Å². The monoisotopic (exact) mass is 266 g/mol. The van der Waals surface area contributed by atoms with Crippen LogP contribution in [0.4, 0.5) is 5.69 Å². The van der Waals surface area contributed by atoms with Gasteiger partial charge in [0, 0.05) is 30.9 Å². The number of nitrogens with zero attached hydrogens (tertiary/aromatic N) is 1. The molecule has 1 aliphatic heterocycles. The molecule has 4 N–H and O–H groups in total. The van der Waals surface area contributed by atoms with Gasteiger partial charge in [0.2, 0.25) is 0 Å². The van der Waals surface area contributed by atoms with Gasteiger partial charge in [-0.3, -0.25) is 4.90 Å². The number of ether oxygens (including phenoxy) is 1. The average Bonchev–Trinajstić information content (AvgIpc) is 2.32. The summed E-state index contributed by atoms with van der Waals surface area (Å²) in [5.74, 6) is 0.249. The van der Waals surface area contributed by atoms with Crippen LogP contribution in [0.2, 0.25) is 0 Å². The van der Waals surface area contributed by atoms with Crippen molar-refractivity contribution in [2.24, 2.45) is 0 Å². The fourth-order valence-corrected chi connectivity index (χ4v) is 2.61. The van der Waals surface area contributed by atoms with Crippen LogP contribution in [0.1, 0.15) is 19.4 Å². The van der Waals surface area contributed by atoms with Gasteiger partial charge < -0.3 is 20.7 Å². The molecule has 1 fully saturated rings. The van der Waals surface area contributed by atoms with E-state index in [2.05, 4.69) is 4.90 Å². The normalized spacial score (nSPS) is 23.4. The molecule has 1 atom stereocenters. The SMILES string of the molecule is CC1(C)CN(Cc2cc(N)ccc2O)CC(CO)O1. The highest BCUT2D eigenvalue weighted by Crippen LogP contribution is 2.26. The number of aliphatic hydroxyl groups is 1. The van der Waals surface area contributed by atoms with E-state index in [0.717, 1.165) is 12.1 Å². The van der Waals surface area contributed by atoms with Crippen molar-refractivity contribution in [1.82, 2.24) is 4.90 Å². The third-order valence-electron chi connectivity index (χ3n) is 3.25. The number of phenolic OH excluding ortho intramolecular Hbond substituents is 1. The second-order valence-corrected chi connectivity index (χ2v) is 5.74. The third kappa shape index (κ3) is 3.59. The lowest BCUT2D eigenvalue weighted by atomic mass is 10.0. The van der Waals surface area contributed by atoms with Crippen molar-refractivity contribution in [3.63, 3.8) is 0 Å². The van der Waals surface area contributed by atoms with E-state index in [4.69, 9.17) is 10.5 Å². The highest BCUT2D eigenvalue weighted by atomic mass is 16.5. The van der Waals surface area contributed by atoms with Crippen LogP contribution >= 0.6 is 0 Å². The number of hydrogen-bond donors (Lipinski definition) is 3. The van der Waals surface area contributed by atoms with Gasteiger partial charge in [0.1, 0.15) is 5.75 Å². The van der Waals surface area contributed by atoms with Crippen LogP contribution in [0.15, 0.2) is 18.2 Å². The number of nitrogen functional groups attached to an aromatic ring is 1. The lowest BCUT2D eigenvalue weighted by molar-refractivity contribution is -0.150. The summed E-state index contributed by atoms with van der Waals surface area (Å²) in [6.45, 7) is 6.00. The minimum atomic E-state index is -0.304. The first kappa shape index (κ1) is 14.1. The number of aromatic hydroxyl groups is 1. The smallest absolute Gasteiger partial charge is 0.120 e. The molecule has 1 aromatic rings. The Hall–Kier alpha value is -1.30. The molecule has 0 bridgehead atoms. The summed E-state index contributed by atoms with van der Waals surface area (Å²) >= 11 is 0. The van der Waals surface area contributed by atoms with Crippen LogP contribution in [0.5, 0.6) is 5.75 Å². The Morgan fingerprint density at radius 3 is 2.89 bits per heavy atom. The summed E-state index contributed by atoms with van der Waals surface area (Å²) in [5.41, 5.74) is 6.88. The zero-order chi connectivity index (χ0) is 14.0. The molecule has 2 rings (SSSR count). The van der Waals surface area contributed by atoms with Crippen molar-refractivity contribution in [2.75, 3.05) is 25.4 Å². The van der Waals surface area contributed by atoms with Gasteiger partial charge in [-0.15, -0.1) is 0 Å². The molecule has 106 valence electrons. The van der Waals surface area contributed by atoms with E-state index in [9.17, 15) is 10.2 Å². The zero-order valence-electron chi connectivity index (χ0n) is 11.5. The highest BCUT2D eigenvalue weighted by Gasteiger charge is 2.33. The Labute approximate surface area is 113 Å². The van der Waals surface area contributed by atoms with E-state index < -0.39 is 0 Å². The number of hydrogen-bond acceptors (Lipinski definition) is 5. The first-order chi connectivity index (χ1) is 8.89. The summed E-state index contributed by atoms with van der Waals surface area (Å²) < 4.78 is 5.77. The Morgan fingerprint density at radius 2 is 2.21 bits per heavy atom. The molecule has 0 radical (unpaired) electrons. The lowest BCUT2D eigenvalue weighted by Crippen LogP contribution is -2.53. The Kier molecular flexibility index (Phi) is 3.99.